The summed E-state index contributed by atoms with van der Waals surface area (Å²) in [4.78, 5) is 24.6. The summed E-state index contributed by atoms with van der Waals surface area (Å²) in [6.07, 6.45) is 8.49. The topological polar surface area (TPSA) is 73.9 Å². The number of amides is 1. The zero-order valence-corrected chi connectivity index (χ0v) is 18.8. The average molecular weight is 438 g/mol. The molecule has 0 heterocycles. The standard InChI is InChI=1S/C26H31NO5/c1-3-30-23-16-10-19(18-24(23)31-4-2)11-17-25(28)27-21-14-12-20(13-15-21)26(29)32-22-8-6-5-7-9-22/h10-18,22H,3-9H2,1-2H3,(H,27,28)/b17-11+. The van der Waals surface area contributed by atoms with Crippen molar-refractivity contribution in [2.75, 3.05) is 18.5 Å². The van der Waals surface area contributed by atoms with Crippen molar-refractivity contribution in [3.63, 3.8) is 0 Å². The first-order chi connectivity index (χ1) is 15.6. The van der Waals surface area contributed by atoms with Crippen LogP contribution in [0, 0.1) is 0 Å². The SMILES string of the molecule is CCOc1ccc(/C=C/C(=O)Nc2ccc(C(=O)OC3CCCCC3)cc2)cc1OCC. The van der Waals surface area contributed by atoms with Gasteiger partial charge in [0.15, 0.2) is 11.5 Å². The Balaban J connectivity index is 1.55. The molecule has 6 nitrogen and oxygen atoms in total. The van der Waals surface area contributed by atoms with Crippen molar-refractivity contribution in [1.29, 1.82) is 0 Å². The van der Waals surface area contributed by atoms with Crippen molar-refractivity contribution in [2.45, 2.75) is 52.1 Å². The molecule has 2 aromatic carbocycles. The fraction of sp³-hybridized carbons (Fsp3) is 0.385. The van der Waals surface area contributed by atoms with E-state index in [1.165, 1.54) is 12.5 Å². The van der Waals surface area contributed by atoms with Gasteiger partial charge in [0, 0.05) is 11.8 Å². The Hall–Kier alpha value is -3.28. The summed E-state index contributed by atoms with van der Waals surface area (Å²) in [5, 5.41) is 2.80. The maximum absolute atomic E-state index is 12.3. The van der Waals surface area contributed by atoms with Crippen LogP contribution in [0.1, 0.15) is 61.9 Å². The van der Waals surface area contributed by atoms with E-state index in [1.54, 1.807) is 30.3 Å². The predicted octanol–water partition coefficient (Wildman–Crippen LogP) is 5.63. The van der Waals surface area contributed by atoms with Gasteiger partial charge in [-0.05, 0) is 87.6 Å². The molecule has 2 aromatic rings. The van der Waals surface area contributed by atoms with Gasteiger partial charge in [0.25, 0.3) is 0 Å². The van der Waals surface area contributed by atoms with Gasteiger partial charge in [0.2, 0.25) is 5.91 Å². The first-order valence-corrected chi connectivity index (χ1v) is 11.3. The van der Waals surface area contributed by atoms with Crippen LogP contribution in [0.3, 0.4) is 0 Å². The first-order valence-electron chi connectivity index (χ1n) is 11.3. The molecular weight excluding hydrogens is 406 g/mol. The second kappa shape index (κ2) is 11.9. The third-order valence-corrected chi connectivity index (χ3v) is 5.21. The van der Waals surface area contributed by atoms with E-state index in [2.05, 4.69) is 5.32 Å². The molecule has 0 atom stereocenters. The number of nitrogens with one attached hydrogen (secondary N) is 1. The number of anilines is 1. The zero-order chi connectivity index (χ0) is 22.8. The molecule has 6 heteroatoms. The molecule has 3 rings (SSSR count). The molecule has 0 aromatic heterocycles. The van der Waals surface area contributed by atoms with Gasteiger partial charge in [-0.15, -0.1) is 0 Å². The first kappa shape index (κ1) is 23.4. The molecule has 0 unspecified atom stereocenters. The Bertz CT molecular complexity index is 930. The van der Waals surface area contributed by atoms with Crippen molar-refractivity contribution in [3.8, 4) is 11.5 Å². The molecule has 0 saturated heterocycles. The lowest BCUT2D eigenvalue weighted by Gasteiger charge is -2.21. The molecule has 1 fully saturated rings. The minimum absolute atomic E-state index is 0.0200. The predicted molar refractivity (Wildman–Crippen MR) is 125 cm³/mol. The van der Waals surface area contributed by atoms with Crippen LogP contribution in [-0.2, 0) is 9.53 Å². The maximum Gasteiger partial charge on any atom is 0.338 e. The molecule has 1 N–H and O–H groups in total. The van der Waals surface area contributed by atoms with E-state index in [1.807, 2.05) is 32.0 Å². The number of carbonyl (C=O) groups is 2. The highest BCUT2D eigenvalue weighted by molar-refractivity contribution is 6.02. The lowest BCUT2D eigenvalue weighted by molar-refractivity contribution is -0.111. The van der Waals surface area contributed by atoms with Crippen molar-refractivity contribution >= 4 is 23.6 Å². The van der Waals surface area contributed by atoms with Crippen LogP contribution in [-0.4, -0.2) is 31.2 Å². The van der Waals surface area contributed by atoms with Gasteiger partial charge < -0.3 is 19.5 Å². The quantitative estimate of drug-likeness (QED) is 0.407. The number of hydrogen-bond acceptors (Lipinski definition) is 5. The van der Waals surface area contributed by atoms with Gasteiger partial charge in [-0.1, -0.05) is 12.5 Å². The number of rotatable bonds is 9. The smallest absolute Gasteiger partial charge is 0.338 e. The lowest BCUT2D eigenvalue weighted by Crippen LogP contribution is -2.20. The van der Waals surface area contributed by atoms with Crippen molar-refractivity contribution in [1.82, 2.24) is 0 Å². The van der Waals surface area contributed by atoms with Crippen molar-refractivity contribution in [2.24, 2.45) is 0 Å². The molecule has 1 aliphatic carbocycles. The van der Waals surface area contributed by atoms with Crippen molar-refractivity contribution < 1.29 is 23.8 Å². The molecule has 1 amide bonds. The number of hydrogen-bond donors (Lipinski definition) is 1. The van der Waals surface area contributed by atoms with E-state index < -0.39 is 0 Å². The Morgan fingerprint density at radius 2 is 1.62 bits per heavy atom. The van der Waals surface area contributed by atoms with E-state index in [0.29, 0.717) is 36.0 Å². The van der Waals surface area contributed by atoms with Crippen LogP contribution in [0.5, 0.6) is 11.5 Å². The Morgan fingerprint density at radius 1 is 0.938 bits per heavy atom. The maximum atomic E-state index is 12.3. The number of esters is 1. The molecule has 0 radical (unpaired) electrons. The highest BCUT2D eigenvalue weighted by atomic mass is 16.5. The van der Waals surface area contributed by atoms with Crippen LogP contribution in [0.4, 0.5) is 5.69 Å². The van der Waals surface area contributed by atoms with Crippen LogP contribution < -0.4 is 14.8 Å². The molecule has 170 valence electrons. The van der Waals surface area contributed by atoms with Gasteiger partial charge in [0.1, 0.15) is 6.10 Å². The highest BCUT2D eigenvalue weighted by Gasteiger charge is 2.18. The Labute approximate surface area is 189 Å². The largest absolute Gasteiger partial charge is 0.490 e. The average Bonchev–Trinajstić information content (AvgIpc) is 2.80. The summed E-state index contributed by atoms with van der Waals surface area (Å²) in [7, 11) is 0. The second-order valence-electron chi connectivity index (χ2n) is 7.64. The summed E-state index contributed by atoms with van der Waals surface area (Å²) in [6.45, 7) is 4.90. The number of benzene rings is 2. The van der Waals surface area contributed by atoms with E-state index >= 15 is 0 Å². The summed E-state index contributed by atoms with van der Waals surface area (Å²) in [5.74, 6) is 0.746. The van der Waals surface area contributed by atoms with Gasteiger partial charge in [-0.3, -0.25) is 4.79 Å². The van der Waals surface area contributed by atoms with Gasteiger partial charge >= 0.3 is 5.97 Å². The fourth-order valence-corrected chi connectivity index (χ4v) is 3.62. The second-order valence-corrected chi connectivity index (χ2v) is 7.64. The summed E-state index contributed by atoms with van der Waals surface area (Å²) in [5.41, 5.74) is 1.92. The molecule has 0 aliphatic heterocycles. The minimum atomic E-state index is -0.310. The van der Waals surface area contributed by atoms with Crippen LogP contribution >= 0.6 is 0 Å². The van der Waals surface area contributed by atoms with E-state index in [-0.39, 0.29) is 18.0 Å². The van der Waals surface area contributed by atoms with Crippen LogP contribution in [0.15, 0.2) is 48.5 Å². The van der Waals surface area contributed by atoms with Gasteiger partial charge in [-0.2, -0.15) is 0 Å². The third-order valence-electron chi connectivity index (χ3n) is 5.21. The van der Waals surface area contributed by atoms with E-state index in [0.717, 1.165) is 31.2 Å². The van der Waals surface area contributed by atoms with Crippen molar-refractivity contribution in [3.05, 3.63) is 59.7 Å². The molecule has 1 aliphatic rings. The van der Waals surface area contributed by atoms with E-state index in [9.17, 15) is 9.59 Å². The van der Waals surface area contributed by atoms with Crippen LogP contribution in [0.25, 0.3) is 6.08 Å². The molecule has 1 saturated carbocycles. The van der Waals surface area contributed by atoms with Gasteiger partial charge in [0.05, 0.1) is 18.8 Å². The minimum Gasteiger partial charge on any atom is -0.490 e. The number of carbonyl (C=O) groups excluding carboxylic acids is 2. The van der Waals surface area contributed by atoms with Gasteiger partial charge in [-0.25, -0.2) is 4.79 Å². The highest BCUT2D eigenvalue weighted by Crippen LogP contribution is 2.29. The summed E-state index contributed by atoms with van der Waals surface area (Å²) < 4.78 is 16.8. The summed E-state index contributed by atoms with van der Waals surface area (Å²) in [6, 6.07) is 12.3. The molecule has 0 spiro atoms. The lowest BCUT2D eigenvalue weighted by atomic mass is 9.98. The molecular formula is C26H31NO5. The number of ether oxygens (including phenoxy) is 3. The fourth-order valence-electron chi connectivity index (χ4n) is 3.62. The monoisotopic (exact) mass is 437 g/mol. The normalized spacial score (nSPS) is 14.2. The Kier molecular flexibility index (Phi) is 8.72. The summed E-state index contributed by atoms with van der Waals surface area (Å²) >= 11 is 0. The van der Waals surface area contributed by atoms with E-state index in [4.69, 9.17) is 14.2 Å². The molecule has 32 heavy (non-hydrogen) atoms. The van der Waals surface area contributed by atoms with Crippen LogP contribution in [0.2, 0.25) is 0 Å². The molecule has 0 bridgehead atoms. The third kappa shape index (κ3) is 6.87. The zero-order valence-electron chi connectivity index (χ0n) is 18.8. The Morgan fingerprint density at radius 3 is 2.31 bits per heavy atom.